The molecule has 5 heteroatoms. The zero-order chi connectivity index (χ0) is 15.1. The van der Waals surface area contributed by atoms with E-state index in [1.54, 1.807) is 23.9 Å². The average Bonchev–Trinajstić information content (AvgIpc) is 2.48. The Morgan fingerprint density at radius 2 is 1.81 bits per heavy atom. The monoisotopic (exact) mass is 302 g/mol. The Morgan fingerprint density at radius 1 is 1.10 bits per heavy atom. The molecule has 0 aromatic heterocycles. The lowest BCUT2D eigenvalue weighted by Crippen LogP contribution is -2.08. The minimum atomic E-state index is -1.18. The summed E-state index contributed by atoms with van der Waals surface area (Å²) in [5.41, 5.74) is 0. The zero-order valence-electron chi connectivity index (χ0n) is 11.4. The van der Waals surface area contributed by atoms with Crippen LogP contribution in [0, 0.1) is 0 Å². The molecule has 0 amide bonds. The van der Waals surface area contributed by atoms with Gasteiger partial charge in [0.2, 0.25) is 5.76 Å². The summed E-state index contributed by atoms with van der Waals surface area (Å²) in [6.07, 6.45) is 1.05. The second-order valence-electron chi connectivity index (χ2n) is 4.01. The Balaban J connectivity index is 2.14. The predicted octanol–water partition coefficient (Wildman–Crippen LogP) is 3.79. The quantitative estimate of drug-likeness (QED) is 0.650. The SMILES string of the molecule is COC=C(Oc1cccc(Sc2ccccc2)c1)C(=O)O. The van der Waals surface area contributed by atoms with Crippen LogP contribution in [0.15, 0.2) is 76.4 Å². The van der Waals surface area contributed by atoms with Crippen molar-refractivity contribution in [3.8, 4) is 5.75 Å². The van der Waals surface area contributed by atoms with Crippen LogP contribution in [0.5, 0.6) is 5.75 Å². The third kappa shape index (κ3) is 4.57. The van der Waals surface area contributed by atoms with Crippen molar-refractivity contribution in [1.82, 2.24) is 0 Å². The molecule has 0 radical (unpaired) electrons. The van der Waals surface area contributed by atoms with Crippen molar-refractivity contribution < 1.29 is 19.4 Å². The third-order valence-electron chi connectivity index (χ3n) is 2.45. The number of hydrogen-bond acceptors (Lipinski definition) is 4. The van der Waals surface area contributed by atoms with E-state index in [9.17, 15) is 4.79 Å². The molecule has 0 bridgehead atoms. The zero-order valence-corrected chi connectivity index (χ0v) is 12.2. The molecular formula is C16H14O4S. The van der Waals surface area contributed by atoms with E-state index in [1.807, 2.05) is 42.5 Å². The van der Waals surface area contributed by atoms with Crippen LogP contribution in [0.1, 0.15) is 0 Å². The van der Waals surface area contributed by atoms with Gasteiger partial charge in [-0.05, 0) is 30.3 Å². The molecule has 0 saturated heterocycles. The molecule has 0 spiro atoms. The van der Waals surface area contributed by atoms with E-state index in [0.717, 1.165) is 16.1 Å². The normalized spacial score (nSPS) is 11.0. The molecule has 0 atom stereocenters. The van der Waals surface area contributed by atoms with Crippen molar-refractivity contribution in [3.63, 3.8) is 0 Å². The smallest absolute Gasteiger partial charge is 0.375 e. The van der Waals surface area contributed by atoms with Gasteiger partial charge in [-0.2, -0.15) is 0 Å². The summed E-state index contributed by atoms with van der Waals surface area (Å²) >= 11 is 1.57. The van der Waals surface area contributed by atoms with Crippen molar-refractivity contribution in [3.05, 3.63) is 66.6 Å². The molecule has 21 heavy (non-hydrogen) atoms. The lowest BCUT2D eigenvalue weighted by Gasteiger charge is -2.07. The van der Waals surface area contributed by atoms with Gasteiger partial charge in [0.1, 0.15) is 12.0 Å². The summed E-state index contributed by atoms with van der Waals surface area (Å²) < 4.78 is 10.0. The highest BCUT2D eigenvalue weighted by atomic mass is 32.2. The van der Waals surface area contributed by atoms with Crippen LogP contribution in [0.3, 0.4) is 0 Å². The van der Waals surface area contributed by atoms with Crippen LogP contribution < -0.4 is 4.74 Å². The molecule has 0 unspecified atom stereocenters. The largest absolute Gasteiger partial charge is 0.500 e. The van der Waals surface area contributed by atoms with Crippen molar-refractivity contribution in [2.45, 2.75) is 9.79 Å². The molecule has 0 aliphatic heterocycles. The Labute approximate surface area is 127 Å². The van der Waals surface area contributed by atoms with Gasteiger partial charge < -0.3 is 14.6 Å². The van der Waals surface area contributed by atoms with Crippen LogP contribution in [0.25, 0.3) is 0 Å². The number of hydrogen-bond donors (Lipinski definition) is 1. The molecular weight excluding hydrogens is 288 g/mol. The first-order valence-electron chi connectivity index (χ1n) is 6.16. The number of aliphatic carboxylic acids is 1. The number of carboxylic acid groups (broad SMARTS) is 1. The summed E-state index contributed by atoms with van der Waals surface area (Å²) in [6, 6.07) is 17.1. The van der Waals surface area contributed by atoms with E-state index in [2.05, 4.69) is 0 Å². The highest BCUT2D eigenvalue weighted by molar-refractivity contribution is 7.99. The maximum atomic E-state index is 11.0. The lowest BCUT2D eigenvalue weighted by atomic mass is 10.3. The third-order valence-corrected chi connectivity index (χ3v) is 3.45. The van der Waals surface area contributed by atoms with Crippen LogP contribution >= 0.6 is 11.8 Å². The first-order chi connectivity index (χ1) is 10.2. The first-order valence-corrected chi connectivity index (χ1v) is 6.98. The summed E-state index contributed by atoms with van der Waals surface area (Å²) in [5.74, 6) is -1.00. The van der Waals surface area contributed by atoms with E-state index in [1.165, 1.54) is 7.11 Å². The molecule has 4 nitrogen and oxygen atoms in total. The number of carbonyl (C=O) groups is 1. The Hall–Kier alpha value is -2.40. The highest BCUT2D eigenvalue weighted by Gasteiger charge is 2.11. The molecule has 2 aromatic carbocycles. The van der Waals surface area contributed by atoms with Gasteiger partial charge in [-0.3, -0.25) is 0 Å². The van der Waals surface area contributed by atoms with Gasteiger partial charge >= 0.3 is 5.97 Å². The number of benzene rings is 2. The summed E-state index contributed by atoms with van der Waals surface area (Å²) in [7, 11) is 1.37. The number of methoxy groups -OCH3 is 1. The van der Waals surface area contributed by atoms with E-state index in [0.29, 0.717) is 5.75 Å². The Kier molecular flexibility index (Phi) is 5.29. The molecule has 1 N–H and O–H groups in total. The van der Waals surface area contributed by atoms with E-state index >= 15 is 0 Å². The van der Waals surface area contributed by atoms with Gasteiger partial charge in [0.25, 0.3) is 0 Å². The molecule has 0 saturated carbocycles. The second kappa shape index (κ2) is 7.40. The number of ether oxygens (including phenoxy) is 2. The summed E-state index contributed by atoms with van der Waals surface area (Å²) in [6.45, 7) is 0. The summed E-state index contributed by atoms with van der Waals surface area (Å²) in [5, 5.41) is 8.99. The topological polar surface area (TPSA) is 55.8 Å². The van der Waals surface area contributed by atoms with Crippen molar-refractivity contribution >= 4 is 17.7 Å². The lowest BCUT2D eigenvalue weighted by molar-refractivity contribution is -0.135. The molecule has 0 aliphatic rings. The fourth-order valence-corrected chi connectivity index (χ4v) is 2.47. The first kappa shape index (κ1) is 15.0. The summed E-state index contributed by atoms with van der Waals surface area (Å²) in [4.78, 5) is 13.0. The average molecular weight is 302 g/mol. The standard InChI is InChI=1S/C16H14O4S/c1-19-11-15(16(17)18)20-12-6-5-9-14(10-12)21-13-7-3-2-4-8-13/h2-11H,1H3,(H,17,18). The molecule has 2 rings (SSSR count). The van der Waals surface area contributed by atoms with Crippen LogP contribution in [-0.2, 0) is 9.53 Å². The Bertz CT molecular complexity index is 638. The molecule has 0 aliphatic carbocycles. The fraction of sp³-hybridized carbons (Fsp3) is 0.0625. The minimum absolute atomic E-state index is 0.264. The van der Waals surface area contributed by atoms with Crippen LogP contribution in [0.4, 0.5) is 0 Å². The van der Waals surface area contributed by atoms with E-state index in [-0.39, 0.29) is 5.76 Å². The minimum Gasteiger partial charge on any atom is -0.500 e. The fourth-order valence-electron chi connectivity index (χ4n) is 1.58. The van der Waals surface area contributed by atoms with Gasteiger partial charge in [-0.15, -0.1) is 0 Å². The van der Waals surface area contributed by atoms with Gasteiger partial charge in [0.05, 0.1) is 7.11 Å². The number of carboxylic acids is 1. The highest BCUT2D eigenvalue weighted by Crippen LogP contribution is 2.30. The van der Waals surface area contributed by atoms with Gasteiger partial charge in [-0.1, -0.05) is 36.0 Å². The molecule has 0 fully saturated rings. The van der Waals surface area contributed by atoms with Crippen LogP contribution in [-0.4, -0.2) is 18.2 Å². The van der Waals surface area contributed by atoms with Crippen molar-refractivity contribution in [2.24, 2.45) is 0 Å². The van der Waals surface area contributed by atoms with Gasteiger partial charge in [0, 0.05) is 9.79 Å². The molecule has 108 valence electrons. The number of rotatable bonds is 6. The van der Waals surface area contributed by atoms with Crippen LogP contribution in [0.2, 0.25) is 0 Å². The second-order valence-corrected chi connectivity index (χ2v) is 5.16. The maximum Gasteiger partial charge on any atom is 0.375 e. The van der Waals surface area contributed by atoms with E-state index < -0.39 is 5.97 Å². The predicted molar refractivity (Wildman–Crippen MR) is 80.4 cm³/mol. The van der Waals surface area contributed by atoms with Gasteiger partial charge in [-0.25, -0.2) is 4.79 Å². The van der Waals surface area contributed by atoms with E-state index in [4.69, 9.17) is 14.6 Å². The van der Waals surface area contributed by atoms with Crippen molar-refractivity contribution in [1.29, 1.82) is 0 Å². The molecule has 2 aromatic rings. The van der Waals surface area contributed by atoms with Crippen molar-refractivity contribution in [2.75, 3.05) is 7.11 Å². The maximum absolute atomic E-state index is 11.0. The van der Waals surface area contributed by atoms with Gasteiger partial charge in [0.15, 0.2) is 0 Å². The Morgan fingerprint density at radius 3 is 2.48 bits per heavy atom. The molecule has 0 heterocycles.